The quantitative estimate of drug-likeness (QED) is 0.268. The summed E-state index contributed by atoms with van der Waals surface area (Å²) >= 11 is 0. The summed E-state index contributed by atoms with van der Waals surface area (Å²) in [7, 11) is 0. The van der Waals surface area contributed by atoms with Crippen molar-refractivity contribution in [1.29, 1.82) is 0 Å². The van der Waals surface area contributed by atoms with Gasteiger partial charge in [-0.25, -0.2) is 24.1 Å². The average Bonchev–Trinajstić information content (AvgIpc) is 2.94. The molecular weight excluding hydrogens is 492 g/mol. The summed E-state index contributed by atoms with van der Waals surface area (Å²) in [5.41, 5.74) is 4.84. The van der Waals surface area contributed by atoms with Gasteiger partial charge in [0.25, 0.3) is 5.91 Å². The standard InChI is InChI=1S/C28H31F2N5O3/c29-23-8-4-21(5-9-23)19-35(20-22-6-10-24(30)11-7-22)15-14-31-26-18-32-25(17-33-26)12-13-27(36)34-38-28-3-1-2-16-37-28/h4-13,17-18,28H,1-3,14-16,19-20H2,(H,31,33)(H,34,36). The van der Waals surface area contributed by atoms with Crippen molar-refractivity contribution in [1.82, 2.24) is 20.3 Å². The number of carbonyl (C=O) groups excluding carboxylic acids is 1. The lowest BCUT2D eigenvalue weighted by Crippen LogP contribution is -2.32. The molecule has 0 radical (unpaired) electrons. The zero-order valence-electron chi connectivity index (χ0n) is 21.0. The predicted octanol–water partition coefficient (Wildman–Crippen LogP) is 4.46. The number of carbonyl (C=O) groups is 1. The molecule has 3 aromatic rings. The Morgan fingerprint density at radius 2 is 1.68 bits per heavy atom. The van der Waals surface area contributed by atoms with Crippen LogP contribution in [0.15, 0.2) is 67.0 Å². The Hall–Kier alpha value is -3.73. The first-order chi connectivity index (χ1) is 18.5. The molecule has 1 atom stereocenters. The molecule has 8 nitrogen and oxygen atoms in total. The zero-order valence-corrected chi connectivity index (χ0v) is 21.0. The summed E-state index contributed by atoms with van der Waals surface area (Å²) in [5, 5.41) is 3.24. The summed E-state index contributed by atoms with van der Waals surface area (Å²) in [5.74, 6) is -0.376. The van der Waals surface area contributed by atoms with Crippen LogP contribution in [0.1, 0.15) is 36.1 Å². The van der Waals surface area contributed by atoms with E-state index in [0.29, 0.717) is 44.3 Å². The van der Waals surface area contributed by atoms with Crippen LogP contribution in [0.4, 0.5) is 14.6 Å². The van der Waals surface area contributed by atoms with Crippen LogP contribution in [0.2, 0.25) is 0 Å². The topological polar surface area (TPSA) is 88.6 Å². The highest BCUT2D eigenvalue weighted by atomic mass is 19.1. The molecule has 0 bridgehead atoms. The highest BCUT2D eigenvalue weighted by Crippen LogP contribution is 2.13. The van der Waals surface area contributed by atoms with Gasteiger partial charge >= 0.3 is 0 Å². The van der Waals surface area contributed by atoms with Crippen LogP contribution in [0, 0.1) is 11.6 Å². The number of anilines is 1. The van der Waals surface area contributed by atoms with Crippen LogP contribution in [0.25, 0.3) is 6.08 Å². The highest BCUT2D eigenvalue weighted by Gasteiger charge is 2.15. The molecule has 2 N–H and O–H groups in total. The molecule has 0 saturated carbocycles. The third-order valence-corrected chi connectivity index (χ3v) is 5.88. The van der Waals surface area contributed by atoms with Gasteiger partial charge in [-0.3, -0.25) is 14.7 Å². The number of hydroxylamine groups is 1. The van der Waals surface area contributed by atoms with Crippen LogP contribution in [-0.4, -0.2) is 46.8 Å². The van der Waals surface area contributed by atoms with Gasteiger partial charge in [0, 0.05) is 45.3 Å². The van der Waals surface area contributed by atoms with Crippen molar-refractivity contribution in [3.63, 3.8) is 0 Å². The molecule has 38 heavy (non-hydrogen) atoms. The lowest BCUT2D eigenvalue weighted by molar-refractivity contribution is -0.198. The Bertz CT molecular complexity index is 1120. The highest BCUT2D eigenvalue weighted by molar-refractivity contribution is 5.90. The summed E-state index contributed by atoms with van der Waals surface area (Å²) in [6, 6.07) is 12.8. The molecular formula is C28H31F2N5O3. The normalized spacial score (nSPS) is 15.6. The number of halogens is 2. The Morgan fingerprint density at radius 1 is 1.00 bits per heavy atom. The lowest BCUT2D eigenvalue weighted by Gasteiger charge is -2.23. The average molecular weight is 524 g/mol. The van der Waals surface area contributed by atoms with Crippen molar-refractivity contribution in [2.24, 2.45) is 0 Å². The number of benzene rings is 2. The maximum absolute atomic E-state index is 13.3. The minimum Gasteiger partial charge on any atom is -0.368 e. The van der Waals surface area contributed by atoms with E-state index in [1.54, 1.807) is 42.7 Å². The van der Waals surface area contributed by atoms with E-state index < -0.39 is 12.2 Å². The third kappa shape index (κ3) is 9.29. The van der Waals surface area contributed by atoms with E-state index in [2.05, 4.69) is 25.7 Å². The van der Waals surface area contributed by atoms with Gasteiger partial charge in [-0.2, -0.15) is 0 Å². The monoisotopic (exact) mass is 523 g/mol. The fraction of sp³-hybridized carbons (Fsp3) is 0.321. The van der Waals surface area contributed by atoms with Crippen molar-refractivity contribution < 1.29 is 23.1 Å². The second-order valence-electron chi connectivity index (χ2n) is 8.93. The van der Waals surface area contributed by atoms with Gasteiger partial charge in [-0.15, -0.1) is 0 Å². The molecule has 4 rings (SSSR count). The number of hydrogen-bond acceptors (Lipinski definition) is 7. The number of nitrogens with zero attached hydrogens (tertiary/aromatic N) is 3. The van der Waals surface area contributed by atoms with Gasteiger partial charge in [0.2, 0.25) is 0 Å². The zero-order chi connectivity index (χ0) is 26.6. The Kier molecular flexibility index (Phi) is 10.3. The van der Waals surface area contributed by atoms with E-state index in [1.807, 2.05) is 0 Å². The summed E-state index contributed by atoms with van der Waals surface area (Å²) < 4.78 is 32.0. The maximum Gasteiger partial charge on any atom is 0.267 e. The molecule has 1 unspecified atom stereocenters. The fourth-order valence-corrected chi connectivity index (χ4v) is 3.89. The SMILES string of the molecule is O=C(C=Cc1cnc(NCCN(Cc2ccc(F)cc2)Cc2ccc(F)cc2)cn1)NOC1CCCCO1. The lowest BCUT2D eigenvalue weighted by atomic mass is 10.1. The second-order valence-corrected chi connectivity index (χ2v) is 8.93. The first-order valence-corrected chi connectivity index (χ1v) is 12.6. The first-order valence-electron chi connectivity index (χ1n) is 12.6. The predicted molar refractivity (Wildman–Crippen MR) is 139 cm³/mol. The van der Waals surface area contributed by atoms with Crippen LogP contribution >= 0.6 is 0 Å². The Morgan fingerprint density at radius 3 is 2.26 bits per heavy atom. The van der Waals surface area contributed by atoms with Gasteiger partial charge in [-0.1, -0.05) is 24.3 Å². The van der Waals surface area contributed by atoms with Crippen LogP contribution in [0.3, 0.4) is 0 Å². The molecule has 1 amide bonds. The van der Waals surface area contributed by atoms with Gasteiger partial charge in [0.05, 0.1) is 18.1 Å². The van der Waals surface area contributed by atoms with E-state index in [1.165, 1.54) is 30.3 Å². The van der Waals surface area contributed by atoms with Gasteiger partial charge < -0.3 is 10.1 Å². The van der Waals surface area contributed by atoms with Crippen LogP contribution in [-0.2, 0) is 27.5 Å². The van der Waals surface area contributed by atoms with Gasteiger partial charge in [-0.05, 0) is 54.3 Å². The molecule has 1 fully saturated rings. The molecule has 1 saturated heterocycles. The van der Waals surface area contributed by atoms with Crippen LogP contribution < -0.4 is 10.8 Å². The van der Waals surface area contributed by atoms with Crippen molar-refractivity contribution in [3.05, 3.63) is 95.5 Å². The van der Waals surface area contributed by atoms with Gasteiger partial charge in [0.15, 0.2) is 6.29 Å². The largest absolute Gasteiger partial charge is 0.368 e. The van der Waals surface area contributed by atoms with Gasteiger partial charge in [0.1, 0.15) is 17.5 Å². The van der Waals surface area contributed by atoms with E-state index in [-0.39, 0.29) is 11.6 Å². The maximum atomic E-state index is 13.3. The molecule has 1 aliphatic heterocycles. The van der Waals surface area contributed by atoms with Crippen molar-refractivity contribution in [2.45, 2.75) is 38.6 Å². The summed E-state index contributed by atoms with van der Waals surface area (Å²) in [6.07, 6.45) is 8.37. The smallest absolute Gasteiger partial charge is 0.267 e. The number of amides is 1. The second kappa shape index (κ2) is 14.3. The van der Waals surface area contributed by atoms with E-state index in [9.17, 15) is 13.6 Å². The molecule has 1 aliphatic rings. The summed E-state index contributed by atoms with van der Waals surface area (Å²) in [6.45, 7) is 3.08. The van der Waals surface area contributed by atoms with Crippen LogP contribution in [0.5, 0.6) is 0 Å². The molecule has 10 heteroatoms. The molecule has 200 valence electrons. The number of aromatic nitrogens is 2. The van der Waals surface area contributed by atoms with E-state index in [0.717, 1.165) is 30.4 Å². The number of ether oxygens (including phenoxy) is 1. The third-order valence-electron chi connectivity index (χ3n) is 5.88. The molecule has 2 aromatic carbocycles. The van der Waals surface area contributed by atoms with Crippen molar-refractivity contribution >= 4 is 17.8 Å². The molecule has 0 aliphatic carbocycles. The Balaban J connectivity index is 1.25. The molecule has 2 heterocycles. The number of nitrogens with one attached hydrogen (secondary N) is 2. The number of hydrogen-bond donors (Lipinski definition) is 2. The minimum atomic E-state index is -0.412. The number of rotatable bonds is 12. The minimum absolute atomic E-state index is 0.277. The summed E-state index contributed by atoms with van der Waals surface area (Å²) in [4.78, 5) is 28.0. The van der Waals surface area contributed by atoms with Crippen molar-refractivity contribution in [3.8, 4) is 0 Å². The fourth-order valence-electron chi connectivity index (χ4n) is 3.89. The van der Waals surface area contributed by atoms with E-state index in [4.69, 9.17) is 9.57 Å². The van der Waals surface area contributed by atoms with Crippen molar-refractivity contribution in [2.75, 3.05) is 25.0 Å². The molecule has 0 spiro atoms. The molecule has 1 aromatic heterocycles. The Labute approximate surface area is 220 Å². The van der Waals surface area contributed by atoms with E-state index >= 15 is 0 Å². The first kappa shape index (κ1) is 27.3.